The molecule has 1 N–H and O–H groups in total. The Kier molecular flexibility index (Phi) is 5.00. The Balaban J connectivity index is 1.63. The highest BCUT2D eigenvalue weighted by molar-refractivity contribution is 5.32. The van der Waals surface area contributed by atoms with E-state index in [1.54, 1.807) is 11.1 Å². The third kappa shape index (κ3) is 3.69. The Bertz CT molecular complexity index is 451. The molecular weight excluding hydrogens is 254 g/mol. The molecule has 2 aliphatic carbocycles. The van der Waals surface area contributed by atoms with Gasteiger partial charge in [0.05, 0.1) is 0 Å². The van der Waals surface area contributed by atoms with Gasteiger partial charge < -0.3 is 5.32 Å². The van der Waals surface area contributed by atoms with Crippen molar-refractivity contribution in [2.24, 2.45) is 11.8 Å². The van der Waals surface area contributed by atoms with Crippen LogP contribution in [0.1, 0.15) is 69.4 Å². The maximum Gasteiger partial charge on any atom is 0.00104 e. The summed E-state index contributed by atoms with van der Waals surface area (Å²) in [4.78, 5) is 0. The highest BCUT2D eigenvalue weighted by atomic mass is 14.9. The molecule has 1 heteroatoms. The van der Waals surface area contributed by atoms with Gasteiger partial charge >= 0.3 is 0 Å². The van der Waals surface area contributed by atoms with Crippen LogP contribution in [0, 0.1) is 11.8 Å². The monoisotopic (exact) mass is 285 g/mol. The van der Waals surface area contributed by atoms with Gasteiger partial charge in [0.2, 0.25) is 0 Å². The van der Waals surface area contributed by atoms with Gasteiger partial charge in [-0.25, -0.2) is 0 Å². The first-order valence-electron chi connectivity index (χ1n) is 9.05. The van der Waals surface area contributed by atoms with Crippen molar-refractivity contribution >= 4 is 0 Å². The summed E-state index contributed by atoms with van der Waals surface area (Å²) < 4.78 is 0. The fraction of sp³-hybridized carbons (Fsp3) is 0.700. The maximum atomic E-state index is 3.67. The third-order valence-electron chi connectivity index (χ3n) is 5.69. The first-order chi connectivity index (χ1) is 10.2. The Hall–Kier alpha value is -0.820. The van der Waals surface area contributed by atoms with Gasteiger partial charge in [-0.3, -0.25) is 0 Å². The van der Waals surface area contributed by atoms with E-state index in [1.807, 2.05) is 0 Å². The van der Waals surface area contributed by atoms with E-state index in [9.17, 15) is 0 Å². The molecule has 0 bridgehead atoms. The van der Waals surface area contributed by atoms with Crippen LogP contribution in [0.3, 0.4) is 0 Å². The average molecular weight is 285 g/mol. The molecule has 1 fully saturated rings. The third-order valence-corrected chi connectivity index (χ3v) is 5.69. The number of nitrogens with one attached hydrogen (secondary N) is 1. The molecule has 2 aliphatic rings. The Morgan fingerprint density at radius 3 is 2.71 bits per heavy atom. The minimum absolute atomic E-state index is 0.627. The summed E-state index contributed by atoms with van der Waals surface area (Å²) in [5.41, 5.74) is 3.30. The van der Waals surface area contributed by atoms with Crippen LogP contribution < -0.4 is 5.32 Å². The molecule has 116 valence electrons. The molecule has 0 heterocycles. The van der Waals surface area contributed by atoms with Gasteiger partial charge in [-0.05, 0) is 67.5 Å². The van der Waals surface area contributed by atoms with E-state index in [4.69, 9.17) is 0 Å². The Morgan fingerprint density at radius 2 is 1.86 bits per heavy atom. The van der Waals surface area contributed by atoms with Crippen molar-refractivity contribution in [3.63, 3.8) is 0 Å². The standard InChI is InChI=1S/C20H31N/c1-15(2)21-14-19-11-6-9-17(19)13-18-10-5-8-16-7-3-4-12-20(16)18/h3-4,7,12,15,17-19,21H,5-6,8-11,13-14H2,1-2H3. The zero-order valence-corrected chi connectivity index (χ0v) is 13.8. The van der Waals surface area contributed by atoms with E-state index >= 15 is 0 Å². The lowest BCUT2D eigenvalue weighted by Crippen LogP contribution is -2.31. The van der Waals surface area contributed by atoms with Crippen molar-refractivity contribution in [2.75, 3.05) is 6.54 Å². The van der Waals surface area contributed by atoms with Gasteiger partial charge in [0.1, 0.15) is 0 Å². The first kappa shape index (κ1) is 15.1. The molecule has 1 saturated carbocycles. The number of hydrogen-bond donors (Lipinski definition) is 1. The lowest BCUT2D eigenvalue weighted by Gasteiger charge is -2.30. The predicted molar refractivity (Wildman–Crippen MR) is 90.7 cm³/mol. The predicted octanol–water partition coefficient (Wildman–Crippen LogP) is 4.91. The molecule has 0 aliphatic heterocycles. The molecule has 0 aromatic heterocycles. The molecule has 0 saturated heterocycles. The summed E-state index contributed by atoms with van der Waals surface area (Å²) in [5.74, 6) is 2.70. The number of rotatable bonds is 5. The molecule has 3 atom stereocenters. The molecule has 1 nitrogen and oxygen atoms in total. The molecule has 3 unspecified atom stereocenters. The van der Waals surface area contributed by atoms with Crippen molar-refractivity contribution < 1.29 is 0 Å². The van der Waals surface area contributed by atoms with Gasteiger partial charge in [0.15, 0.2) is 0 Å². The van der Waals surface area contributed by atoms with Crippen LogP contribution in [0.4, 0.5) is 0 Å². The largest absolute Gasteiger partial charge is 0.314 e. The van der Waals surface area contributed by atoms with Crippen LogP contribution in [-0.2, 0) is 6.42 Å². The van der Waals surface area contributed by atoms with E-state index in [2.05, 4.69) is 43.4 Å². The normalized spacial score (nSPS) is 28.8. The van der Waals surface area contributed by atoms with Crippen molar-refractivity contribution in [1.82, 2.24) is 5.32 Å². The number of hydrogen-bond acceptors (Lipinski definition) is 1. The Morgan fingerprint density at radius 1 is 1.05 bits per heavy atom. The second kappa shape index (κ2) is 6.96. The lowest BCUT2D eigenvalue weighted by molar-refractivity contribution is 0.307. The summed E-state index contributed by atoms with van der Waals surface area (Å²) in [6.45, 7) is 5.76. The topological polar surface area (TPSA) is 12.0 Å². The van der Waals surface area contributed by atoms with Crippen molar-refractivity contribution in [2.45, 2.75) is 70.8 Å². The minimum atomic E-state index is 0.627. The van der Waals surface area contributed by atoms with E-state index in [1.165, 1.54) is 51.5 Å². The molecule has 0 amide bonds. The van der Waals surface area contributed by atoms with Gasteiger partial charge in [-0.2, -0.15) is 0 Å². The fourth-order valence-corrected chi connectivity index (χ4v) is 4.54. The van der Waals surface area contributed by atoms with Crippen LogP contribution >= 0.6 is 0 Å². The Labute approximate surface area is 130 Å². The second-order valence-electron chi connectivity index (χ2n) is 7.54. The minimum Gasteiger partial charge on any atom is -0.314 e. The average Bonchev–Trinajstić information content (AvgIpc) is 2.93. The highest BCUT2D eigenvalue weighted by Gasteiger charge is 2.31. The van der Waals surface area contributed by atoms with Gasteiger partial charge in [-0.15, -0.1) is 0 Å². The van der Waals surface area contributed by atoms with Gasteiger partial charge in [0.25, 0.3) is 0 Å². The van der Waals surface area contributed by atoms with Crippen LogP contribution in [0.2, 0.25) is 0 Å². The smallest absolute Gasteiger partial charge is 0.00104 e. The first-order valence-corrected chi connectivity index (χ1v) is 9.05. The van der Waals surface area contributed by atoms with Crippen LogP contribution in [-0.4, -0.2) is 12.6 Å². The molecule has 1 aromatic rings. The van der Waals surface area contributed by atoms with Gasteiger partial charge in [0, 0.05) is 6.04 Å². The highest BCUT2D eigenvalue weighted by Crippen LogP contribution is 2.42. The van der Waals surface area contributed by atoms with Crippen LogP contribution in [0.5, 0.6) is 0 Å². The van der Waals surface area contributed by atoms with Crippen molar-refractivity contribution in [3.05, 3.63) is 35.4 Å². The van der Waals surface area contributed by atoms with E-state index < -0.39 is 0 Å². The molecular formula is C20H31N. The van der Waals surface area contributed by atoms with Gasteiger partial charge in [-0.1, -0.05) is 51.0 Å². The molecule has 1 aromatic carbocycles. The quantitative estimate of drug-likeness (QED) is 0.810. The molecule has 0 spiro atoms. The molecule has 0 radical (unpaired) electrons. The van der Waals surface area contributed by atoms with E-state index in [-0.39, 0.29) is 0 Å². The van der Waals surface area contributed by atoms with Crippen LogP contribution in [0.25, 0.3) is 0 Å². The summed E-state index contributed by atoms with van der Waals surface area (Å²) in [7, 11) is 0. The van der Waals surface area contributed by atoms with Crippen molar-refractivity contribution in [3.8, 4) is 0 Å². The number of benzene rings is 1. The zero-order valence-electron chi connectivity index (χ0n) is 13.8. The SMILES string of the molecule is CC(C)NCC1CCCC1CC1CCCc2ccccc21. The van der Waals surface area contributed by atoms with Crippen molar-refractivity contribution in [1.29, 1.82) is 0 Å². The summed E-state index contributed by atoms with van der Waals surface area (Å²) in [6, 6.07) is 9.83. The van der Waals surface area contributed by atoms with E-state index in [0.717, 1.165) is 17.8 Å². The summed E-state index contributed by atoms with van der Waals surface area (Å²) in [5, 5.41) is 3.67. The van der Waals surface area contributed by atoms with Crippen LogP contribution in [0.15, 0.2) is 24.3 Å². The summed E-state index contributed by atoms with van der Waals surface area (Å²) >= 11 is 0. The second-order valence-corrected chi connectivity index (χ2v) is 7.54. The summed E-state index contributed by atoms with van der Waals surface area (Å²) in [6.07, 6.45) is 9.89. The fourth-order valence-electron chi connectivity index (χ4n) is 4.54. The number of aryl methyl sites for hydroxylation is 1. The zero-order chi connectivity index (χ0) is 14.7. The van der Waals surface area contributed by atoms with E-state index in [0.29, 0.717) is 6.04 Å². The molecule has 21 heavy (non-hydrogen) atoms. The number of fused-ring (bicyclic) bond motifs is 1. The lowest BCUT2D eigenvalue weighted by atomic mass is 9.76. The maximum absolute atomic E-state index is 3.67. The molecule has 3 rings (SSSR count).